The summed E-state index contributed by atoms with van der Waals surface area (Å²) in [6.07, 6.45) is 2.21. The molecule has 0 aromatic carbocycles. The number of carbonyl (C=O) groups is 2. The molecular formula is C8H12O5. The summed E-state index contributed by atoms with van der Waals surface area (Å²) in [4.78, 5) is 20.7. The molecular weight excluding hydrogens is 176 g/mol. The Labute approximate surface area is 75.9 Å². The molecule has 0 fully saturated rings. The number of hydrogen-bond acceptors (Lipinski definition) is 4. The number of carboxylic acid groups (broad SMARTS) is 1. The molecule has 0 radical (unpaired) electrons. The van der Waals surface area contributed by atoms with Crippen molar-refractivity contribution in [3.8, 4) is 0 Å². The largest absolute Gasteiger partial charge is 0.478 e. The number of hydrogen-bond donors (Lipinski definition) is 1. The third-order valence-corrected chi connectivity index (χ3v) is 1.10. The van der Waals surface area contributed by atoms with Crippen LogP contribution in [0.3, 0.4) is 0 Å². The molecule has 0 aliphatic rings. The standard InChI is InChI=1S/C8H12O5/c1-12-5-2-6-13-8(11)4-3-7(9)10/h3-4H,2,5-6H2,1H3,(H,9,10)/b4-3+. The molecule has 0 aliphatic carbocycles. The van der Waals surface area contributed by atoms with Crippen molar-refractivity contribution >= 4 is 11.9 Å². The van der Waals surface area contributed by atoms with Gasteiger partial charge in [-0.15, -0.1) is 0 Å². The third-order valence-electron chi connectivity index (χ3n) is 1.10. The fourth-order valence-corrected chi connectivity index (χ4v) is 0.563. The van der Waals surface area contributed by atoms with Gasteiger partial charge in [0.15, 0.2) is 0 Å². The smallest absolute Gasteiger partial charge is 0.331 e. The van der Waals surface area contributed by atoms with Crippen molar-refractivity contribution in [1.29, 1.82) is 0 Å². The van der Waals surface area contributed by atoms with E-state index < -0.39 is 11.9 Å². The van der Waals surface area contributed by atoms with Crippen molar-refractivity contribution in [3.63, 3.8) is 0 Å². The van der Waals surface area contributed by atoms with E-state index >= 15 is 0 Å². The SMILES string of the molecule is COCCCOC(=O)/C=C/C(=O)O. The van der Waals surface area contributed by atoms with Crippen molar-refractivity contribution in [2.24, 2.45) is 0 Å². The molecule has 0 saturated heterocycles. The first-order valence-corrected chi connectivity index (χ1v) is 3.73. The highest BCUT2D eigenvalue weighted by molar-refractivity contribution is 5.90. The number of methoxy groups -OCH3 is 1. The lowest BCUT2D eigenvalue weighted by Gasteiger charge is -1.99. The van der Waals surface area contributed by atoms with Crippen LogP contribution in [0.4, 0.5) is 0 Å². The molecule has 0 unspecified atom stereocenters. The van der Waals surface area contributed by atoms with Crippen LogP contribution in [-0.4, -0.2) is 37.4 Å². The molecule has 74 valence electrons. The minimum absolute atomic E-state index is 0.233. The lowest BCUT2D eigenvalue weighted by molar-refractivity contribution is -0.139. The summed E-state index contributed by atoms with van der Waals surface area (Å²) in [7, 11) is 1.55. The molecule has 0 amide bonds. The van der Waals surface area contributed by atoms with E-state index in [-0.39, 0.29) is 6.61 Å². The van der Waals surface area contributed by atoms with Gasteiger partial charge in [-0.05, 0) is 0 Å². The van der Waals surface area contributed by atoms with Crippen molar-refractivity contribution in [1.82, 2.24) is 0 Å². The Morgan fingerprint density at radius 2 is 2.00 bits per heavy atom. The van der Waals surface area contributed by atoms with Crippen molar-refractivity contribution < 1.29 is 24.2 Å². The van der Waals surface area contributed by atoms with Crippen LogP contribution < -0.4 is 0 Å². The maximum Gasteiger partial charge on any atom is 0.331 e. The Hall–Kier alpha value is -1.36. The number of carbonyl (C=O) groups excluding carboxylic acids is 1. The van der Waals surface area contributed by atoms with Crippen LogP contribution in [0.1, 0.15) is 6.42 Å². The summed E-state index contributed by atoms with van der Waals surface area (Å²) in [6, 6.07) is 0. The molecule has 0 aromatic heterocycles. The van der Waals surface area contributed by atoms with Gasteiger partial charge in [-0.2, -0.15) is 0 Å². The summed E-state index contributed by atoms with van der Waals surface area (Å²) in [5, 5.41) is 8.16. The molecule has 0 atom stereocenters. The Balaban J connectivity index is 3.46. The topological polar surface area (TPSA) is 72.8 Å². The van der Waals surface area contributed by atoms with E-state index in [4.69, 9.17) is 9.84 Å². The molecule has 0 spiro atoms. The van der Waals surface area contributed by atoms with E-state index in [1.165, 1.54) is 0 Å². The van der Waals surface area contributed by atoms with E-state index in [1.54, 1.807) is 7.11 Å². The van der Waals surface area contributed by atoms with Crippen molar-refractivity contribution in [2.45, 2.75) is 6.42 Å². The monoisotopic (exact) mass is 188 g/mol. The molecule has 0 bridgehead atoms. The van der Waals surface area contributed by atoms with Crippen LogP contribution in [0, 0.1) is 0 Å². The van der Waals surface area contributed by atoms with Crippen LogP contribution >= 0.6 is 0 Å². The van der Waals surface area contributed by atoms with Gasteiger partial charge >= 0.3 is 11.9 Å². The minimum atomic E-state index is -1.17. The Morgan fingerprint density at radius 3 is 2.54 bits per heavy atom. The molecule has 13 heavy (non-hydrogen) atoms. The van der Waals surface area contributed by atoms with Gasteiger partial charge in [0.25, 0.3) is 0 Å². The summed E-state index contributed by atoms with van der Waals surface area (Å²) in [6.45, 7) is 0.743. The number of rotatable bonds is 6. The summed E-state index contributed by atoms with van der Waals surface area (Å²) in [5.74, 6) is -1.83. The van der Waals surface area contributed by atoms with Gasteiger partial charge in [-0.3, -0.25) is 0 Å². The Morgan fingerprint density at radius 1 is 1.31 bits per heavy atom. The van der Waals surface area contributed by atoms with Crippen molar-refractivity contribution in [2.75, 3.05) is 20.3 Å². The number of carboxylic acids is 1. The summed E-state index contributed by atoms with van der Waals surface area (Å²) in [5.41, 5.74) is 0. The molecule has 5 nitrogen and oxygen atoms in total. The van der Waals surface area contributed by atoms with E-state index in [0.717, 1.165) is 12.2 Å². The number of aliphatic carboxylic acids is 1. The first kappa shape index (κ1) is 11.6. The van der Waals surface area contributed by atoms with Gasteiger partial charge in [0, 0.05) is 32.3 Å². The zero-order valence-corrected chi connectivity index (χ0v) is 7.36. The molecule has 0 heterocycles. The summed E-state index contributed by atoms with van der Waals surface area (Å²) >= 11 is 0. The Kier molecular flexibility index (Phi) is 6.53. The maximum atomic E-state index is 10.7. The van der Waals surface area contributed by atoms with Gasteiger partial charge in [0.2, 0.25) is 0 Å². The summed E-state index contributed by atoms with van der Waals surface area (Å²) < 4.78 is 9.34. The first-order valence-electron chi connectivity index (χ1n) is 3.73. The molecule has 0 rings (SSSR count). The second kappa shape index (κ2) is 7.30. The van der Waals surface area contributed by atoms with Gasteiger partial charge in [0.1, 0.15) is 0 Å². The van der Waals surface area contributed by atoms with Gasteiger partial charge in [-0.25, -0.2) is 9.59 Å². The molecule has 1 N–H and O–H groups in total. The van der Waals surface area contributed by atoms with Crippen molar-refractivity contribution in [3.05, 3.63) is 12.2 Å². The van der Waals surface area contributed by atoms with E-state index in [1.807, 2.05) is 0 Å². The van der Waals surface area contributed by atoms with Gasteiger partial charge in [0.05, 0.1) is 6.61 Å². The van der Waals surface area contributed by atoms with E-state index in [2.05, 4.69) is 4.74 Å². The molecule has 0 aromatic rings. The fourth-order valence-electron chi connectivity index (χ4n) is 0.563. The average molecular weight is 188 g/mol. The number of ether oxygens (including phenoxy) is 2. The second-order valence-electron chi connectivity index (χ2n) is 2.19. The van der Waals surface area contributed by atoms with E-state index in [9.17, 15) is 9.59 Å². The average Bonchev–Trinajstić information content (AvgIpc) is 2.09. The lowest BCUT2D eigenvalue weighted by Crippen LogP contribution is -2.05. The number of esters is 1. The highest BCUT2D eigenvalue weighted by Crippen LogP contribution is 1.86. The van der Waals surface area contributed by atoms with Crippen LogP contribution in [0.5, 0.6) is 0 Å². The first-order chi connectivity index (χ1) is 6.16. The van der Waals surface area contributed by atoms with E-state index in [0.29, 0.717) is 13.0 Å². The van der Waals surface area contributed by atoms with Crippen LogP contribution in [0.25, 0.3) is 0 Å². The third kappa shape index (κ3) is 8.55. The van der Waals surface area contributed by atoms with Crippen LogP contribution in [-0.2, 0) is 19.1 Å². The van der Waals surface area contributed by atoms with Gasteiger partial charge < -0.3 is 14.6 Å². The lowest BCUT2D eigenvalue weighted by atomic mass is 10.5. The fraction of sp³-hybridized carbons (Fsp3) is 0.500. The van der Waals surface area contributed by atoms with Gasteiger partial charge in [-0.1, -0.05) is 0 Å². The molecule has 0 saturated carbocycles. The van der Waals surface area contributed by atoms with Crippen LogP contribution in [0.2, 0.25) is 0 Å². The predicted octanol–water partition coefficient (Wildman–Crippen LogP) is 0.207. The Bertz CT molecular complexity index is 197. The molecule has 0 aliphatic heterocycles. The van der Waals surface area contributed by atoms with Crippen LogP contribution in [0.15, 0.2) is 12.2 Å². The molecule has 5 heteroatoms. The highest BCUT2D eigenvalue weighted by Gasteiger charge is 1.97. The maximum absolute atomic E-state index is 10.7. The second-order valence-corrected chi connectivity index (χ2v) is 2.19. The normalized spacial score (nSPS) is 10.2. The zero-order chi connectivity index (χ0) is 10.1. The predicted molar refractivity (Wildman–Crippen MR) is 44.2 cm³/mol. The highest BCUT2D eigenvalue weighted by atomic mass is 16.5. The minimum Gasteiger partial charge on any atom is -0.478 e. The quantitative estimate of drug-likeness (QED) is 0.366. The zero-order valence-electron chi connectivity index (χ0n) is 7.36.